The highest BCUT2D eigenvalue weighted by Gasteiger charge is 2.28. The molecule has 1 aromatic rings. The fourth-order valence-electron chi connectivity index (χ4n) is 2.40. The molecule has 0 aliphatic heterocycles. The predicted molar refractivity (Wildman–Crippen MR) is 71.2 cm³/mol. The molecule has 96 valence electrons. The molecule has 2 N–H and O–H groups in total. The van der Waals surface area contributed by atoms with E-state index in [4.69, 9.17) is 0 Å². The smallest absolute Gasteiger partial charge is 0.0926 e. The van der Waals surface area contributed by atoms with Gasteiger partial charge in [0.2, 0.25) is 0 Å². The highest BCUT2D eigenvalue weighted by molar-refractivity contribution is 7.09. The zero-order valence-electron chi connectivity index (χ0n) is 10.5. The molecule has 2 rings (SSSR count). The first-order valence-electron chi connectivity index (χ1n) is 6.58. The van der Waals surface area contributed by atoms with E-state index in [0.29, 0.717) is 6.54 Å². The lowest BCUT2D eigenvalue weighted by Crippen LogP contribution is -2.41. The third-order valence-corrected chi connectivity index (χ3v) is 4.49. The summed E-state index contributed by atoms with van der Waals surface area (Å²) in [5, 5.41) is 17.0. The van der Waals surface area contributed by atoms with Crippen LogP contribution in [0.2, 0.25) is 0 Å². The summed E-state index contributed by atoms with van der Waals surface area (Å²) in [6.07, 6.45) is 6.49. The summed E-state index contributed by atoms with van der Waals surface area (Å²) in [5.74, 6) is 0. The SMILES string of the molecule is CCc1nc(CNCC2(O)CCCCC2)cs1. The van der Waals surface area contributed by atoms with Crippen LogP contribution in [0.1, 0.15) is 49.7 Å². The van der Waals surface area contributed by atoms with Gasteiger partial charge in [-0.05, 0) is 19.3 Å². The average molecular weight is 254 g/mol. The Morgan fingerprint density at radius 3 is 2.82 bits per heavy atom. The Kier molecular flexibility index (Phi) is 4.54. The van der Waals surface area contributed by atoms with Crippen molar-refractivity contribution < 1.29 is 5.11 Å². The number of thiazole rings is 1. The zero-order valence-corrected chi connectivity index (χ0v) is 11.4. The van der Waals surface area contributed by atoms with Crippen LogP contribution in [0.15, 0.2) is 5.38 Å². The number of rotatable bonds is 5. The van der Waals surface area contributed by atoms with Gasteiger partial charge in [-0.2, -0.15) is 0 Å². The van der Waals surface area contributed by atoms with Crippen molar-refractivity contribution in [1.29, 1.82) is 0 Å². The monoisotopic (exact) mass is 254 g/mol. The molecule has 1 heterocycles. The number of aryl methyl sites for hydroxylation is 1. The van der Waals surface area contributed by atoms with Crippen molar-refractivity contribution in [2.45, 2.75) is 57.6 Å². The van der Waals surface area contributed by atoms with Crippen LogP contribution in [0, 0.1) is 0 Å². The predicted octanol–water partition coefficient (Wildman–Crippen LogP) is 2.49. The summed E-state index contributed by atoms with van der Waals surface area (Å²) in [5.41, 5.74) is 0.633. The molecule has 0 aromatic carbocycles. The van der Waals surface area contributed by atoms with Gasteiger partial charge < -0.3 is 10.4 Å². The van der Waals surface area contributed by atoms with E-state index in [9.17, 15) is 5.11 Å². The molecule has 4 heteroatoms. The molecule has 0 bridgehead atoms. The number of nitrogens with one attached hydrogen (secondary N) is 1. The molecule has 1 aliphatic carbocycles. The van der Waals surface area contributed by atoms with Crippen molar-refractivity contribution in [3.63, 3.8) is 0 Å². The van der Waals surface area contributed by atoms with E-state index < -0.39 is 5.60 Å². The van der Waals surface area contributed by atoms with E-state index in [2.05, 4.69) is 22.6 Å². The third kappa shape index (κ3) is 3.76. The van der Waals surface area contributed by atoms with Gasteiger partial charge in [-0.25, -0.2) is 4.98 Å². The van der Waals surface area contributed by atoms with Crippen LogP contribution >= 0.6 is 11.3 Å². The van der Waals surface area contributed by atoms with E-state index in [1.54, 1.807) is 11.3 Å². The minimum atomic E-state index is -0.470. The molecule has 1 aromatic heterocycles. The van der Waals surface area contributed by atoms with Gasteiger partial charge in [0.1, 0.15) is 0 Å². The van der Waals surface area contributed by atoms with Gasteiger partial charge in [-0.1, -0.05) is 26.2 Å². The maximum absolute atomic E-state index is 10.3. The maximum atomic E-state index is 10.3. The number of hydrogen-bond donors (Lipinski definition) is 2. The van der Waals surface area contributed by atoms with Crippen LogP contribution < -0.4 is 5.32 Å². The Morgan fingerprint density at radius 1 is 1.41 bits per heavy atom. The third-order valence-electron chi connectivity index (χ3n) is 3.45. The lowest BCUT2D eigenvalue weighted by Gasteiger charge is -2.32. The van der Waals surface area contributed by atoms with E-state index in [1.807, 2.05) is 0 Å². The standard InChI is InChI=1S/C13H22N2OS/c1-2-12-15-11(9-17-12)8-14-10-13(16)6-4-3-5-7-13/h9,14,16H,2-8,10H2,1H3. The van der Waals surface area contributed by atoms with Crippen LogP contribution in [-0.2, 0) is 13.0 Å². The quantitative estimate of drug-likeness (QED) is 0.848. The fraction of sp³-hybridized carbons (Fsp3) is 0.769. The van der Waals surface area contributed by atoms with Crippen LogP contribution in [0.25, 0.3) is 0 Å². The van der Waals surface area contributed by atoms with Gasteiger partial charge in [0, 0.05) is 18.5 Å². The van der Waals surface area contributed by atoms with Gasteiger partial charge in [0.15, 0.2) is 0 Å². The summed E-state index contributed by atoms with van der Waals surface area (Å²) in [4.78, 5) is 4.51. The van der Waals surface area contributed by atoms with Crippen LogP contribution in [0.4, 0.5) is 0 Å². The molecule has 0 unspecified atom stereocenters. The Morgan fingerprint density at radius 2 is 2.18 bits per heavy atom. The summed E-state index contributed by atoms with van der Waals surface area (Å²) in [7, 11) is 0. The van der Waals surface area contributed by atoms with Crippen molar-refractivity contribution in [2.24, 2.45) is 0 Å². The molecule has 0 spiro atoms. The molecule has 0 amide bonds. The number of hydrogen-bond acceptors (Lipinski definition) is 4. The Bertz CT molecular complexity index is 345. The van der Waals surface area contributed by atoms with Crippen molar-refractivity contribution in [1.82, 2.24) is 10.3 Å². The summed E-state index contributed by atoms with van der Waals surface area (Å²) < 4.78 is 0. The molecular formula is C13H22N2OS. The van der Waals surface area contributed by atoms with E-state index in [-0.39, 0.29) is 0 Å². The lowest BCUT2D eigenvalue weighted by molar-refractivity contribution is 0.00463. The number of aromatic nitrogens is 1. The molecule has 0 atom stereocenters. The Labute approximate surface area is 107 Å². The summed E-state index contributed by atoms with van der Waals surface area (Å²) in [6, 6.07) is 0. The van der Waals surface area contributed by atoms with E-state index in [1.165, 1.54) is 11.4 Å². The Balaban J connectivity index is 1.74. The lowest BCUT2D eigenvalue weighted by atomic mass is 9.85. The van der Waals surface area contributed by atoms with Gasteiger partial charge in [0.25, 0.3) is 0 Å². The van der Waals surface area contributed by atoms with E-state index >= 15 is 0 Å². The Hall–Kier alpha value is -0.450. The zero-order chi connectivity index (χ0) is 12.1. The van der Waals surface area contributed by atoms with Gasteiger partial charge in [0.05, 0.1) is 16.3 Å². The fourth-order valence-corrected chi connectivity index (χ4v) is 3.15. The number of aliphatic hydroxyl groups is 1. The molecule has 17 heavy (non-hydrogen) atoms. The van der Waals surface area contributed by atoms with E-state index in [0.717, 1.165) is 44.3 Å². The molecule has 0 saturated heterocycles. The molecule has 3 nitrogen and oxygen atoms in total. The van der Waals surface area contributed by atoms with Crippen LogP contribution in [0.5, 0.6) is 0 Å². The van der Waals surface area contributed by atoms with Gasteiger partial charge >= 0.3 is 0 Å². The second-order valence-corrected chi connectivity index (χ2v) is 5.92. The molecule has 0 radical (unpaired) electrons. The normalized spacial score (nSPS) is 19.4. The highest BCUT2D eigenvalue weighted by Crippen LogP contribution is 2.27. The molecule has 1 fully saturated rings. The summed E-state index contributed by atoms with van der Waals surface area (Å²) >= 11 is 1.72. The minimum absolute atomic E-state index is 0.470. The van der Waals surface area contributed by atoms with Crippen molar-refractivity contribution >= 4 is 11.3 Å². The minimum Gasteiger partial charge on any atom is -0.389 e. The molecule has 1 saturated carbocycles. The second-order valence-electron chi connectivity index (χ2n) is 4.97. The van der Waals surface area contributed by atoms with Crippen LogP contribution in [0.3, 0.4) is 0 Å². The van der Waals surface area contributed by atoms with Crippen molar-refractivity contribution in [3.8, 4) is 0 Å². The van der Waals surface area contributed by atoms with Gasteiger partial charge in [-0.15, -0.1) is 11.3 Å². The second kappa shape index (κ2) is 5.94. The first kappa shape index (κ1) is 13.0. The molecular weight excluding hydrogens is 232 g/mol. The average Bonchev–Trinajstić information content (AvgIpc) is 2.78. The largest absolute Gasteiger partial charge is 0.389 e. The summed E-state index contributed by atoms with van der Waals surface area (Å²) in [6.45, 7) is 3.60. The van der Waals surface area contributed by atoms with Gasteiger partial charge in [-0.3, -0.25) is 0 Å². The first-order valence-corrected chi connectivity index (χ1v) is 7.46. The maximum Gasteiger partial charge on any atom is 0.0926 e. The van der Waals surface area contributed by atoms with Crippen molar-refractivity contribution in [3.05, 3.63) is 16.1 Å². The first-order chi connectivity index (χ1) is 8.22. The highest BCUT2D eigenvalue weighted by atomic mass is 32.1. The molecule has 1 aliphatic rings. The van der Waals surface area contributed by atoms with Crippen molar-refractivity contribution in [2.75, 3.05) is 6.54 Å². The number of nitrogens with zero attached hydrogens (tertiary/aromatic N) is 1. The van der Waals surface area contributed by atoms with Crippen LogP contribution in [-0.4, -0.2) is 22.2 Å². The topological polar surface area (TPSA) is 45.2 Å².